The van der Waals surface area contributed by atoms with Gasteiger partial charge in [0.05, 0.1) is 11.6 Å². The SMILES string of the molecule is CCCC1(C(=O)NCCC(C)O)CCCN1. The Labute approximate surface area is 97.8 Å². The molecule has 0 saturated carbocycles. The van der Waals surface area contributed by atoms with E-state index in [1.807, 2.05) is 0 Å². The first-order valence-corrected chi connectivity index (χ1v) is 6.32. The van der Waals surface area contributed by atoms with Crippen molar-refractivity contribution in [2.24, 2.45) is 0 Å². The van der Waals surface area contributed by atoms with Gasteiger partial charge < -0.3 is 15.7 Å². The van der Waals surface area contributed by atoms with Crippen LogP contribution in [0, 0.1) is 0 Å². The molecule has 1 aliphatic heterocycles. The van der Waals surface area contributed by atoms with E-state index in [2.05, 4.69) is 17.6 Å². The molecule has 4 nitrogen and oxygen atoms in total. The lowest BCUT2D eigenvalue weighted by molar-refractivity contribution is -0.127. The molecule has 1 fully saturated rings. The standard InChI is InChI=1S/C12H24N2O2/c1-3-6-12(7-4-8-14-12)11(16)13-9-5-10(2)15/h10,14-15H,3-9H2,1-2H3,(H,13,16). The first-order chi connectivity index (χ1) is 7.60. The fraction of sp³-hybridized carbons (Fsp3) is 0.917. The summed E-state index contributed by atoms with van der Waals surface area (Å²) < 4.78 is 0. The lowest BCUT2D eigenvalue weighted by Gasteiger charge is -2.28. The predicted octanol–water partition coefficient (Wildman–Crippen LogP) is 0.796. The van der Waals surface area contributed by atoms with Crippen LogP contribution in [0.25, 0.3) is 0 Å². The summed E-state index contributed by atoms with van der Waals surface area (Å²) in [5, 5.41) is 15.4. The van der Waals surface area contributed by atoms with Gasteiger partial charge in [0, 0.05) is 6.54 Å². The maximum atomic E-state index is 12.1. The number of hydrogen-bond donors (Lipinski definition) is 3. The number of carbonyl (C=O) groups is 1. The van der Waals surface area contributed by atoms with E-state index >= 15 is 0 Å². The molecule has 0 aromatic carbocycles. The van der Waals surface area contributed by atoms with Crippen LogP contribution in [0.4, 0.5) is 0 Å². The predicted molar refractivity (Wildman–Crippen MR) is 64.2 cm³/mol. The zero-order valence-corrected chi connectivity index (χ0v) is 10.4. The van der Waals surface area contributed by atoms with E-state index in [9.17, 15) is 4.79 Å². The number of aliphatic hydroxyl groups excluding tert-OH is 1. The summed E-state index contributed by atoms with van der Waals surface area (Å²) in [7, 11) is 0. The zero-order valence-electron chi connectivity index (χ0n) is 10.4. The third kappa shape index (κ3) is 3.46. The maximum absolute atomic E-state index is 12.1. The summed E-state index contributed by atoms with van der Waals surface area (Å²) in [6, 6.07) is 0. The van der Waals surface area contributed by atoms with Crippen LogP contribution in [-0.4, -0.2) is 35.7 Å². The smallest absolute Gasteiger partial charge is 0.240 e. The Morgan fingerprint density at radius 1 is 1.62 bits per heavy atom. The van der Waals surface area contributed by atoms with E-state index in [-0.39, 0.29) is 17.6 Å². The molecule has 2 atom stereocenters. The van der Waals surface area contributed by atoms with Crippen LogP contribution in [-0.2, 0) is 4.79 Å². The molecule has 0 radical (unpaired) electrons. The Balaban J connectivity index is 2.42. The lowest BCUT2D eigenvalue weighted by Crippen LogP contribution is -2.53. The van der Waals surface area contributed by atoms with Crippen LogP contribution in [0.2, 0.25) is 0 Å². The fourth-order valence-electron chi connectivity index (χ4n) is 2.32. The van der Waals surface area contributed by atoms with Crippen molar-refractivity contribution in [1.82, 2.24) is 10.6 Å². The largest absolute Gasteiger partial charge is 0.393 e. The van der Waals surface area contributed by atoms with Gasteiger partial charge in [0.2, 0.25) is 5.91 Å². The van der Waals surface area contributed by atoms with Crippen LogP contribution >= 0.6 is 0 Å². The molecular formula is C12H24N2O2. The van der Waals surface area contributed by atoms with Crippen LogP contribution in [0.3, 0.4) is 0 Å². The van der Waals surface area contributed by atoms with Crippen LogP contribution in [0.5, 0.6) is 0 Å². The van der Waals surface area contributed by atoms with Crippen molar-refractivity contribution in [3.63, 3.8) is 0 Å². The molecule has 3 N–H and O–H groups in total. The molecule has 4 heteroatoms. The molecule has 0 aromatic heterocycles. The molecule has 1 amide bonds. The van der Waals surface area contributed by atoms with Gasteiger partial charge >= 0.3 is 0 Å². The van der Waals surface area contributed by atoms with E-state index in [0.29, 0.717) is 13.0 Å². The van der Waals surface area contributed by atoms with Crippen molar-refractivity contribution in [2.45, 2.75) is 57.6 Å². The Kier molecular flexibility index (Phi) is 5.22. The van der Waals surface area contributed by atoms with Gasteiger partial charge in [-0.25, -0.2) is 0 Å². The summed E-state index contributed by atoms with van der Waals surface area (Å²) in [5.74, 6) is 0.104. The molecule has 0 spiro atoms. The Bertz CT molecular complexity index is 223. The Morgan fingerprint density at radius 3 is 2.88 bits per heavy atom. The number of carbonyl (C=O) groups excluding carboxylic acids is 1. The topological polar surface area (TPSA) is 61.4 Å². The summed E-state index contributed by atoms with van der Waals surface area (Å²) in [4.78, 5) is 12.1. The van der Waals surface area contributed by atoms with E-state index in [1.165, 1.54) is 0 Å². The second-order valence-electron chi connectivity index (χ2n) is 4.76. The molecule has 1 heterocycles. The number of rotatable bonds is 6. The normalized spacial score (nSPS) is 26.7. The second-order valence-corrected chi connectivity index (χ2v) is 4.76. The van der Waals surface area contributed by atoms with Gasteiger partial charge in [0.25, 0.3) is 0 Å². The Morgan fingerprint density at radius 2 is 2.38 bits per heavy atom. The lowest BCUT2D eigenvalue weighted by atomic mass is 9.91. The summed E-state index contributed by atoms with van der Waals surface area (Å²) in [6.45, 7) is 5.33. The van der Waals surface area contributed by atoms with Crippen LogP contribution in [0.15, 0.2) is 0 Å². The highest BCUT2D eigenvalue weighted by atomic mass is 16.3. The van der Waals surface area contributed by atoms with E-state index in [4.69, 9.17) is 5.11 Å². The molecule has 0 aliphatic carbocycles. The third-order valence-electron chi connectivity index (χ3n) is 3.20. The quantitative estimate of drug-likeness (QED) is 0.630. The van der Waals surface area contributed by atoms with Gasteiger partial charge in [-0.15, -0.1) is 0 Å². The molecule has 1 rings (SSSR count). The average molecular weight is 228 g/mol. The zero-order chi connectivity index (χ0) is 12.0. The molecule has 16 heavy (non-hydrogen) atoms. The van der Waals surface area contributed by atoms with Gasteiger partial charge in [0.15, 0.2) is 0 Å². The van der Waals surface area contributed by atoms with Gasteiger partial charge in [-0.1, -0.05) is 13.3 Å². The highest BCUT2D eigenvalue weighted by Gasteiger charge is 2.39. The monoisotopic (exact) mass is 228 g/mol. The number of hydrogen-bond acceptors (Lipinski definition) is 3. The van der Waals surface area contributed by atoms with Gasteiger partial charge in [0.1, 0.15) is 0 Å². The number of amides is 1. The van der Waals surface area contributed by atoms with Crippen LogP contribution in [0.1, 0.15) is 46.0 Å². The Hall–Kier alpha value is -0.610. The van der Waals surface area contributed by atoms with Crippen molar-refractivity contribution in [3.8, 4) is 0 Å². The van der Waals surface area contributed by atoms with E-state index < -0.39 is 0 Å². The summed E-state index contributed by atoms with van der Waals surface area (Å²) >= 11 is 0. The van der Waals surface area contributed by atoms with E-state index in [0.717, 1.165) is 32.2 Å². The molecule has 1 aliphatic rings. The molecule has 94 valence electrons. The minimum atomic E-state index is -0.348. The summed E-state index contributed by atoms with van der Waals surface area (Å²) in [6.07, 6.45) is 4.18. The van der Waals surface area contributed by atoms with Crippen molar-refractivity contribution in [2.75, 3.05) is 13.1 Å². The van der Waals surface area contributed by atoms with Crippen molar-refractivity contribution >= 4 is 5.91 Å². The molecule has 0 bridgehead atoms. The van der Waals surface area contributed by atoms with Crippen molar-refractivity contribution in [3.05, 3.63) is 0 Å². The molecule has 0 aromatic rings. The minimum Gasteiger partial charge on any atom is -0.393 e. The first-order valence-electron chi connectivity index (χ1n) is 6.32. The summed E-state index contributed by atoms with van der Waals surface area (Å²) in [5.41, 5.74) is -0.340. The van der Waals surface area contributed by atoms with Crippen LogP contribution < -0.4 is 10.6 Å². The molecule has 2 unspecified atom stereocenters. The number of nitrogens with one attached hydrogen (secondary N) is 2. The highest BCUT2D eigenvalue weighted by Crippen LogP contribution is 2.24. The highest BCUT2D eigenvalue weighted by molar-refractivity contribution is 5.86. The number of aliphatic hydroxyl groups is 1. The van der Waals surface area contributed by atoms with E-state index in [1.54, 1.807) is 6.92 Å². The first kappa shape index (κ1) is 13.5. The molecule has 1 saturated heterocycles. The third-order valence-corrected chi connectivity index (χ3v) is 3.20. The second kappa shape index (κ2) is 6.21. The molecular weight excluding hydrogens is 204 g/mol. The average Bonchev–Trinajstić information content (AvgIpc) is 2.67. The van der Waals surface area contributed by atoms with Crippen molar-refractivity contribution < 1.29 is 9.90 Å². The maximum Gasteiger partial charge on any atom is 0.240 e. The van der Waals surface area contributed by atoms with Gasteiger partial charge in [-0.05, 0) is 39.2 Å². The minimum absolute atomic E-state index is 0.104. The fourth-order valence-corrected chi connectivity index (χ4v) is 2.32. The van der Waals surface area contributed by atoms with Crippen molar-refractivity contribution in [1.29, 1.82) is 0 Å². The van der Waals surface area contributed by atoms with Gasteiger partial charge in [-0.2, -0.15) is 0 Å². The van der Waals surface area contributed by atoms with Gasteiger partial charge in [-0.3, -0.25) is 4.79 Å².